The second-order valence-electron chi connectivity index (χ2n) is 2.94. The molecule has 0 aromatic carbocycles. The zero-order valence-electron chi connectivity index (χ0n) is 7.93. The lowest BCUT2D eigenvalue weighted by Crippen LogP contribution is -2.05. The second kappa shape index (κ2) is 5.22. The molecule has 0 bridgehead atoms. The summed E-state index contributed by atoms with van der Waals surface area (Å²) in [7, 11) is 0. The predicted molar refractivity (Wildman–Crippen MR) is 62.9 cm³/mol. The van der Waals surface area contributed by atoms with Crippen LogP contribution in [0.3, 0.4) is 0 Å². The van der Waals surface area contributed by atoms with Crippen molar-refractivity contribution in [3.63, 3.8) is 0 Å². The van der Waals surface area contributed by atoms with E-state index in [0.29, 0.717) is 0 Å². The molecule has 5 nitrogen and oxygen atoms in total. The Balaban J connectivity index is 1.67. The highest BCUT2D eigenvalue weighted by Gasteiger charge is 1.99. The first-order chi connectivity index (χ1) is 7.34. The first-order valence-electron chi connectivity index (χ1n) is 4.53. The van der Waals surface area contributed by atoms with Gasteiger partial charge in [-0.1, -0.05) is 11.3 Å². The Hall–Kier alpha value is -0.950. The average molecular weight is 288 g/mol. The van der Waals surface area contributed by atoms with Gasteiger partial charge in [0.1, 0.15) is 0 Å². The van der Waals surface area contributed by atoms with Crippen LogP contribution in [0.2, 0.25) is 0 Å². The molecule has 0 aliphatic carbocycles. The lowest BCUT2D eigenvalue weighted by atomic mass is 10.4. The van der Waals surface area contributed by atoms with E-state index in [9.17, 15) is 0 Å². The molecule has 0 atom stereocenters. The minimum atomic E-state index is 0.805. The summed E-state index contributed by atoms with van der Waals surface area (Å²) in [5.41, 5.74) is 0. The molecule has 0 saturated heterocycles. The molecule has 0 saturated carbocycles. The van der Waals surface area contributed by atoms with Gasteiger partial charge in [0, 0.05) is 25.5 Å². The molecule has 2 rings (SSSR count). The standard InChI is InChI=1S/C8H10BrN5S/c9-7-12-13-8(15-7)11-2-1-4-14-5-3-10-6-14/h3,5-6H,1-2,4H2,(H,11,13). The van der Waals surface area contributed by atoms with E-state index >= 15 is 0 Å². The highest BCUT2D eigenvalue weighted by molar-refractivity contribution is 9.11. The third-order valence-corrected chi connectivity index (χ3v) is 3.14. The normalized spacial score (nSPS) is 10.5. The van der Waals surface area contributed by atoms with Crippen LogP contribution in [0.25, 0.3) is 0 Å². The van der Waals surface area contributed by atoms with Crippen LogP contribution in [0.5, 0.6) is 0 Å². The molecule has 0 aliphatic heterocycles. The number of hydrogen-bond acceptors (Lipinski definition) is 5. The molecule has 0 amide bonds. The number of rotatable bonds is 5. The fraction of sp³-hybridized carbons (Fsp3) is 0.375. The molecular weight excluding hydrogens is 278 g/mol. The molecule has 15 heavy (non-hydrogen) atoms. The summed E-state index contributed by atoms with van der Waals surface area (Å²) in [5.74, 6) is 0. The summed E-state index contributed by atoms with van der Waals surface area (Å²) in [6.07, 6.45) is 6.60. The van der Waals surface area contributed by atoms with Crippen molar-refractivity contribution >= 4 is 32.4 Å². The van der Waals surface area contributed by atoms with Crippen molar-refractivity contribution in [2.24, 2.45) is 0 Å². The van der Waals surface area contributed by atoms with E-state index in [-0.39, 0.29) is 0 Å². The maximum atomic E-state index is 3.98. The van der Waals surface area contributed by atoms with Crippen LogP contribution in [0.4, 0.5) is 5.13 Å². The summed E-state index contributed by atoms with van der Waals surface area (Å²) in [4.78, 5) is 3.98. The van der Waals surface area contributed by atoms with Crippen LogP contribution >= 0.6 is 27.3 Å². The van der Waals surface area contributed by atoms with Gasteiger partial charge in [-0.05, 0) is 22.4 Å². The summed E-state index contributed by atoms with van der Waals surface area (Å²) < 4.78 is 2.86. The number of aryl methyl sites for hydroxylation is 1. The maximum Gasteiger partial charge on any atom is 0.206 e. The van der Waals surface area contributed by atoms with E-state index in [0.717, 1.165) is 28.6 Å². The van der Waals surface area contributed by atoms with Gasteiger partial charge in [-0.2, -0.15) is 0 Å². The first kappa shape index (κ1) is 10.6. The Bertz CT molecular complexity index is 399. The number of hydrogen-bond donors (Lipinski definition) is 1. The number of nitrogens with zero attached hydrogens (tertiary/aromatic N) is 4. The van der Waals surface area contributed by atoms with E-state index in [1.807, 2.05) is 12.5 Å². The van der Waals surface area contributed by atoms with Gasteiger partial charge in [-0.15, -0.1) is 10.2 Å². The molecule has 0 unspecified atom stereocenters. The Kier molecular flexibility index (Phi) is 3.68. The number of halogens is 1. The largest absolute Gasteiger partial charge is 0.360 e. The highest BCUT2D eigenvalue weighted by atomic mass is 79.9. The quantitative estimate of drug-likeness (QED) is 0.855. The lowest BCUT2D eigenvalue weighted by Gasteiger charge is -2.02. The molecule has 2 aromatic heterocycles. The van der Waals surface area contributed by atoms with Crippen LogP contribution in [-0.4, -0.2) is 26.3 Å². The Labute approximate surface area is 99.7 Å². The van der Waals surface area contributed by atoms with E-state index in [2.05, 4.69) is 41.0 Å². The van der Waals surface area contributed by atoms with Crippen molar-refractivity contribution in [3.05, 3.63) is 22.6 Å². The van der Waals surface area contributed by atoms with Crippen LogP contribution < -0.4 is 5.32 Å². The summed E-state index contributed by atoms with van der Waals surface area (Å²) >= 11 is 4.76. The smallest absolute Gasteiger partial charge is 0.206 e. The highest BCUT2D eigenvalue weighted by Crippen LogP contribution is 2.19. The van der Waals surface area contributed by atoms with Gasteiger partial charge in [0.05, 0.1) is 6.33 Å². The van der Waals surface area contributed by atoms with Crippen molar-refractivity contribution < 1.29 is 0 Å². The number of nitrogens with one attached hydrogen (secondary N) is 1. The molecule has 1 N–H and O–H groups in total. The first-order valence-corrected chi connectivity index (χ1v) is 6.14. The third kappa shape index (κ3) is 3.28. The van der Waals surface area contributed by atoms with E-state index < -0.39 is 0 Å². The third-order valence-electron chi connectivity index (χ3n) is 1.83. The van der Waals surface area contributed by atoms with Crippen LogP contribution in [-0.2, 0) is 6.54 Å². The second-order valence-corrected chi connectivity index (χ2v) is 5.19. The zero-order chi connectivity index (χ0) is 10.5. The molecule has 0 aliphatic rings. The van der Waals surface area contributed by atoms with Gasteiger partial charge in [0.2, 0.25) is 5.13 Å². The fourth-order valence-electron chi connectivity index (χ4n) is 1.15. The van der Waals surface area contributed by atoms with Crippen molar-refractivity contribution in [1.29, 1.82) is 0 Å². The molecule has 0 fully saturated rings. The SMILES string of the molecule is Brc1nnc(NCCCn2ccnc2)s1. The molecule has 7 heteroatoms. The zero-order valence-corrected chi connectivity index (χ0v) is 10.3. The molecule has 80 valence electrons. The van der Waals surface area contributed by atoms with Crippen molar-refractivity contribution in [1.82, 2.24) is 19.7 Å². The van der Waals surface area contributed by atoms with Gasteiger partial charge < -0.3 is 9.88 Å². The molecule has 0 spiro atoms. The van der Waals surface area contributed by atoms with Gasteiger partial charge in [0.25, 0.3) is 0 Å². The maximum absolute atomic E-state index is 3.98. The monoisotopic (exact) mass is 287 g/mol. The summed E-state index contributed by atoms with van der Waals surface area (Å²) in [6, 6.07) is 0. The lowest BCUT2D eigenvalue weighted by molar-refractivity contribution is 0.660. The molecular formula is C8H10BrN5S. The Morgan fingerprint density at radius 3 is 3.07 bits per heavy atom. The number of aromatic nitrogens is 4. The van der Waals surface area contributed by atoms with E-state index in [4.69, 9.17) is 0 Å². The minimum Gasteiger partial charge on any atom is -0.360 e. The van der Waals surface area contributed by atoms with Crippen molar-refractivity contribution in [3.8, 4) is 0 Å². The van der Waals surface area contributed by atoms with Gasteiger partial charge in [-0.3, -0.25) is 0 Å². The van der Waals surface area contributed by atoms with E-state index in [1.165, 1.54) is 11.3 Å². The topological polar surface area (TPSA) is 55.6 Å². The Morgan fingerprint density at radius 2 is 2.40 bits per heavy atom. The predicted octanol–water partition coefficient (Wildman–Crippen LogP) is 2.00. The number of anilines is 1. The van der Waals surface area contributed by atoms with Gasteiger partial charge >= 0.3 is 0 Å². The molecule has 0 radical (unpaired) electrons. The van der Waals surface area contributed by atoms with Gasteiger partial charge in [-0.25, -0.2) is 4.98 Å². The van der Waals surface area contributed by atoms with Crippen LogP contribution in [0.1, 0.15) is 6.42 Å². The van der Waals surface area contributed by atoms with E-state index in [1.54, 1.807) is 6.20 Å². The van der Waals surface area contributed by atoms with Crippen LogP contribution in [0.15, 0.2) is 22.6 Å². The Morgan fingerprint density at radius 1 is 1.47 bits per heavy atom. The fourth-order valence-corrected chi connectivity index (χ4v) is 2.19. The van der Waals surface area contributed by atoms with Crippen molar-refractivity contribution in [2.45, 2.75) is 13.0 Å². The summed E-state index contributed by atoms with van der Waals surface area (Å²) in [6.45, 7) is 1.85. The van der Waals surface area contributed by atoms with Gasteiger partial charge in [0.15, 0.2) is 3.92 Å². The molecule has 2 heterocycles. The average Bonchev–Trinajstić information content (AvgIpc) is 2.84. The summed E-state index contributed by atoms with van der Waals surface area (Å²) in [5, 5.41) is 11.9. The molecule has 2 aromatic rings. The number of imidazole rings is 1. The van der Waals surface area contributed by atoms with Crippen LogP contribution in [0, 0.1) is 0 Å². The minimum absolute atomic E-state index is 0.805. The van der Waals surface area contributed by atoms with Crippen molar-refractivity contribution in [2.75, 3.05) is 11.9 Å².